The Kier molecular flexibility index (Phi) is 5.91. The largest absolute Gasteiger partial charge is 0.0619 e. The number of rotatable bonds is 3. The molecule has 0 atom stereocenters. The lowest BCUT2D eigenvalue weighted by Crippen LogP contribution is -2.14. The predicted octanol–water partition coefficient (Wildman–Crippen LogP) is 13.2. The molecule has 0 nitrogen and oxygen atoms in total. The maximum Gasteiger partial charge on any atom is 0.0159 e. The van der Waals surface area contributed by atoms with Gasteiger partial charge in [0.25, 0.3) is 0 Å². The molecule has 0 spiro atoms. The quantitative estimate of drug-likeness (QED) is 0.177. The minimum absolute atomic E-state index is 0.00805. The van der Waals surface area contributed by atoms with Crippen LogP contribution in [0.15, 0.2) is 140 Å². The van der Waals surface area contributed by atoms with Gasteiger partial charge in [0.2, 0.25) is 0 Å². The molecule has 0 fully saturated rings. The van der Waals surface area contributed by atoms with E-state index in [4.69, 9.17) is 0 Å². The van der Waals surface area contributed by atoms with Crippen LogP contribution in [-0.4, -0.2) is 0 Å². The van der Waals surface area contributed by atoms with E-state index in [-0.39, 0.29) is 10.8 Å². The van der Waals surface area contributed by atoms with Gasteiger partial charge in [-0.15, -0.1) is 0 Å². The predicted molar refractivity (Wildman–Crippen MR) is 203 cm³/mol. The molecule has 0 saturated carbocycles. The van der Waals surface area contributed by atoms with Crippen LogP contribution in [0, 0.1) is 0 Å². The number of fused-ring (bicyclic) bond motifs is 3. The molecule has 0 amide bonds. The fourth-order valence-electron chi connectivity index (χ4n) is 8.09. The van der Waals surface area contributed by atoms with E-state index in [2.05, 4.69) is 174 Å². The lowest BCUT2D eigenvalue weighted by molar-refractivity contribution is 0.591. The molecule has 0 N–H and O–H groups in total. The topological polar surface area (TPSA) is 0 Å². The summed E-state index contributed by atoms with van der Waals surface area (Å²) in [5, 5.41) is 8.03. The summed E-state index contributed by atoms with van der Waals surface area (Å²) in [6, 6.07) is 52.6. The van der Waals surface area contributed by atoms with E-state index in [1.807, 2.05) is 0 Å². The highest BCUT2D eigenvalue weighted by atomic mass is 14.4. The Morgan fingerprint density at radius 2 is 0.915 bits per heavy atom. The van der Waals surface area contributed by atoms with Crippen molar-refractivity contribution >= 4 is 32.3 Å². The zero-order valence-electron chi connectivity index (χ0n) is 27.8. The van der Waals surface area contributed by atoms with Crippen LogP contribution in [0.5, 0.6) is 0 Å². The van der Waals surface area contributed by atoms with Crippen LogP contribution in [0.4, 0.5) is 0 Å². The molecule has 9 rings (SSSR count). The van der Waals surface area contributed by atoms with E-state index in [0.29, 0.717) is 0 Å². The molecule has 8 aromatic rings. The van der Waals surface area contributed by atoms with Crippen molar-refractivity contribution in [2.45, 2.75) is 45.4 Å². The first kappa shape index (κ1) is 28.1. The summed E-state index contributed by atoms with van der Waals surface area (Å²) < 4.78 is 0. The highest BCUT2D eigenvalue weighted by Gasteiger charge is 2.35. The van der Waals surface area contributed by atoms with Crippen molar-refractivity contribution in [3.8, 4) is 44.5 Å². The van der Waals surface area contributed by atoms with Gasteiger partial charge in [-0.3, -0.25) is 0 Å². The van der Waals surface area contributed by atoms with Crippen LogP contribution in [0.2, 0.25) is 0 Å². The molecule has 0 aromatic heterocycles. The van der Waals surface area contributed by atoms with Gasteiger partial charge in [-0.05, 0) is 105 Å². The standard InChI is InChI=1S/C47H38/c1-46(2,3)37-26-35-19-18-33-20-23-38(41-25-22-36(27-37)44(35)45(33)41)32-16-14-30(15-17-32)29-10-12-31(13-11-29)34-21-24-40-39-8-6-7-9-42(39)47(4,5)43(40)28-34/h6-28H,1-5H3. The van der Waals surface area contributed by atoms with Crippen molar-refractivity contribution in [1.82, 2.24) is 0 Å². The lowest BCUT2D eigenvalue weighted by Gasteiger charge is -2.22. The first-order chi connectivity index (χ1) is 22.7. The van der Waals surface area contributed by atoms with Crippen LogP contribution < -0.4 is 0 Å². The summed E-state index contributed by atoms with van der Waals surface area (Å²) in [6.07, 6.45) is 0. The SMILES string of the molecule is CC(C)(C)c1cc2ccc3ccc(-c4ccc(-c5ccc(-c6ccc7c(c6)C(C)(C)c6ccccc6-7)cc5)cc4)c4ccc(c1)c2c34. The van der Waals surface area contributed by atoms with Gasteiger partial charge in [0.1, 0.15) is 0 Å². The Bertz CT molecular complexity index is 2460. The first-order valence-corrected chi connectivity index (χ1v) is 16.8. The summed E-state index contributed by atoms with van der Waals surface area (Å²) in [7, 11) is 0. The summed E-state index contributed by atoms with van der Waals surface area (Å²) in [5.74, 6) is 0. The number of hydrogen-bond acceptors (Lipinski definition) is 0. The van der Waals surface area contributed by atoms with Gasteiger partial charge in [0.05, 0.1) is 0 Å². The van der Waals surface area contributed by atoms with Crippen LogP contribution in [-0.2, 0) is 10.8 Å². The van der Waals surface area contributed by atoms with E-state index in [9.17, 15) is 0 Å². The van der Waals surface area contributed by atoms with E-state index in [1.54, 1.807) is 0 Å². The Hall–Kier alpha value is -5.20. The average molecular weight is 603 g/mol. The average Bonchev–Trinajstić information content (AvgIpc) is 3.32. The second-order valence-electron chi connectivity index (χ2n) is 15.0. The third-order valence-electron chi connectivity index (χ3n) is 10.8. The molecule has 0 radical (unpaired) electrons. The third kappa shape index (κ3) is 4.28. The molecule has 0 bridgehead atoms. The van der Waals surface area contributed by atoms with Crippen molar-refractivity contribution in [3.05, 3.63) is 156 Å². The monoisotopic (exact) mass is 602 g/mol. The van der Waals surface area contributed by atoms with Gasteiger partial charge in [-0.25, -0.2) is 0 Å². The fourth-order valence-corrected chi connectivity index (χ4v) is 8.09. The Morgan fingerprint density at radius 3 is 1.60 bits per heavy atom. The van der Waals surface area contributed by atoms with Gasteiger partial charge in [0, 0.05) is 5.41 Å². The van der Waals surface area contributed by atoms with E-state index in [1.165, 1.54) is 93.5 Å². The highest BCUT2D eigenvalue weighted by Crippen LogP contribution is 2.49. The zero-order valence-corrected chi connectivity index (χ0v) is 27.8. The van der Waals surface area contributed by atoms with Crippen molar-refractivity contribution in [3.63, 3.8) is 0 Å². The first-order valence-electron chi connectivity index (χ1n) is 16.8. The summed E-state index contributed by atoms with van der Waals surface area (Å²) in [6.45, 7) is 11.6. The van der Waals surface area contributed by atoms with Gasteiger partial charge < -0.3 is 0 Å². The molecule has 226 valence electrons. The normalized spacial score (nSPS) is 13.8. The molecule has 0 aliphatic heterocycles. The van der Waals surface area contributed by atoms with Crippen molar-refractivity contribution in [2.24, 2.45) is 0 Å². The molecule has 8 aromatic carbocycles. The molecule has 1 aliphatic rings. The minimum atomic E-state index is 0.00805. The molecule has 0 saturated heterocycles. The van der Waals surface area contributed by atoms with Gasteiger partial charge in [-0.2, -0.15) is 0 Å². The molecule has 0 unspecified atom stereocenters. The molecular weight excluding hydrogens is 565 g/mol. The van der Waals surface area contributed by atoms with E-state index < -0.39 is 0 Å². The lowest BCUT2D eigenvalue weighted by atomic mass is 9.81. The molecule has 1 aliphatic carbocycles. The van der Waals surface area contributed by atoms with Crippen LogP contribution in [0.25, 0.3) is 76.8 Å². The second kappa shape index (κ2) is 9.90. The zero-order chi connectivity index (χ0) is 32.1. The van der Waals surface area contributed by atoms with Crippen molar-refractivity contribution in [2.75, 3.05) is 0 Å². The van der Waals surface area contributed by atoms with Crippen molar-refractivity contribution < 1.29 is 0 Å². The maximum absolute atomic E-state index is 2.40. The Balaban J connectivity index is 1.04. The molecule has 47 heavy (non-hydrogen) atoms. The molecule has 0 heterocycles. The van der Waals surface area contributed by atoms with Crippen LogP contribution in [0.1, 0.15) is 51.3 Å². The molecule has 0 heteroatoms. The summed E-state index contributed by atoms with van der Waals surface area (Å²) >= 11 is 0. The molecular formula is C47H38. The Morgan fingerprint density at radius 1 is 0.404 bits per heavy atom. The maximum atomic E-state index is 2.40. The summed E-state index contributed by atoms with van der Waals surface area (Å²) in [4.78, 5) is 0. The summed E-state index contributed by atoms with van der Waals surface area (Å²) in [5.41, 5.74) is 14.6. The number of benzene rings is 8. The minimum Gasteiger partial charge on any atom is -0.0619 e. The van der Waals surface area contributed by atoms with Gasteiger partial charge in [0.15, 0.2) is 0 Å². The van der Waals surface area contributed by atoms with Crippen LogP contribution in [0.3, 0.4) is 0 Å². The van der Waals surface area contributed by atoms with Crippen LogP contribution >= 0.6 is 0 Å². The third-order valence-corrected chi connectivity index (χ3v) is 10.8. The smallest absolute Gasteiger partial charge is 0.0159 e. The van der Waals surface area contributed by atoms with Crippen molar-refractivity contribution in [1.29, 1.82) is 0 Å². The second-order valence-corrected chi connectivity index (χ2v) is 15.0. The highest BCUT2D eigenvalue weighted by molar-refractivity contribution is 6.25. The van der Waals surface area contributed by atoms with Gasteiger partial charge in [-0.1, -0.05) is 168 Å². The van der Waals surface area contributed by atoms with Gasteiger partial charge >= 0.3 is 0 Å². The van der Waals surface area contributed by atoms with E-state index >= 15 is 0 Å². The Labute approximate surface area is 277 Å². The fraction of sp³-hybridized carbons (Fsp3) is 0.149. The number of hydrogen-bond donors (Lipinski definition) is 0. The van der Waals surface area contributed by atoms with E-state index in [0.717, 1.165) is 0 Å².